The van der Waals surface area contributed by atoms with Crippen molar-refractivity contribution in [3.8, 4) is 5.75 Å². The molecule has 0 fully saturated rings. The van der Waals surface area contributed by atoms with Crippen LogP contribution in [-0.4, -0.2) is 23.1 Å². The van der Waals surface area contributed by atoms with Crippen LogP contribution in [0.25, 0.3) is 6.08 Å². The molecule has 1 unspecified atom stereocenters. The van der Waals surface area contributed by atoms with Crippen molar-refractivity contribution >= 4 is 29.4 Å². The van der Waals surface area contributed by atoms with Crippen LogP contribution < -0.4 is 19.6 Å². The Morgan fingerprint density at radius 1 is 1.25 bits per heavy atom. The summed E-state index contributed by atoms with van der Waals surface area (Å²) in [4.78, 5) is 42.4. The molecule has 0 spiro atoms. The highest BCUT2D eigenvalue weighted by Crippen LogP contribution is 2.31. The summed E-state index contributed by atoms with van der Waals surface area (Å²) in [7, 11) is 0. The fourth-order valence-electron chi connectivity index (χ4n) is 3.49. The summed E-state index contributed by atoms with van der Waals surface area (Å²) in [6.45, 7) is 4.94. The molecule has 0 radical (unpaired) electrons. The molecule has 3 heterocycles. The van der Waals surface area contributed by atoms with Crippen LogP contribution in [0.15, 0.2) is 68.1 Å². The Morgan fingerprint density at radius 2 is 2.00 bits per heavy atom. The minimum Gasteiger partial charge on any atom is -0.465 e. The maximum Gasteiger partial charge on any atom is 0.338 e. The number of allylic oxidation sites excluding steroid dienone is 1. The van der Waals surface area contributed by atoms with Crippen LogP contribution in [0.1, 0.15) is 38.1 Å². The Bertz CT molecular complexity index is 1380. The summed E-state index contributed by atoms with van der Waals surface area (Å²) in [6.07, 6.45) is 3.17. The number of furan rings is 1. The molecule has 1 atom stereocenters. The van der Waals surface area contributed by atoms with E-state index in [2.05, 4.69) is 4.99 Å². The molecule has 0 saturated heterocycles. The van der Waals surface area contributed by atoms with Gasteiger partial charge in [-0.3, -0.25) is 14.2 Å². The molecule has 32 heavy (non-hydrogen) atoms. The molecular formula is C23H20N2O6S. The van der Waals surface area contributed by atoms with Crippen molar-refractivity contribution in [2.24, 2.45) is 4.99 Å². The number of benzene rings is 1. The van der Waals surface area contributed by atoms with Gasteiger partial charge in [-0.25, -0.2) is 9.79 Å². The monoisotopic (exact) mass is 452 g/mol. The number of aromatic nitrogens is 1. The van der Waals surface area contributed by atoms with E-state index in [0.717, 1.165) is 0 Å². The molecule has 0 amide bonds. The van der Waals surface area contributed by atoms with Gasteiger partial charge >= 0.3 is 11.9 Å². The highest BCUT2D eigenvalue weighted by Gasteiger charge is 2.33. The zero-order chi connectivity index (χ0) is 22.8. The average Bonchev–Trinajstić information content (AvgIpc) is 3.36. The van der Waals surface area contributed by atoms with Gasteiger partial charge in [-0.15, -0.1) is 0 Å². The van der Waals surface area contributed by atoms with Crippen LogP contribution in [0.2, 0.25) is 0 Å². The largest absolute Gasteiger partial charge is 0.465 e. The van der Waals surface area contributed by atoms with Gasteiger partial charge in [-0.1, -0.05) is 23.5 Å². The van der Waals surface area contributed by atoms with Crippen LogP contribution >= 0.6 is 11.3 Å². The van der Waals surface area contributed by atoms with E-state index in [4.69, 9.17) is 13.9 Å². The van der Waals surface area contributed by atoms with Crippen LogP contribution in [0.3, 0.4) is 0 Å². The number of esters is 2. The molecule has 1 aliphatic rings. The van der Waals surface area contributed by atoms with Crippen molar-refractivity contribution in [3.63, 3.8) is 0 Å². The van der Waals surface area contributed by atoms with Crippen molar-refractivity contribution in [1.82, 2.24) is 4.57 Å². The third-order valence-corrected chi connectivity index (χ3v) is 5.77. The second-order valence-electron chi connectivity index (χ2n) is 6.98. The Hall–Kier alpha value is -3.72. The predicted molar refractivity (Wildman–Crippen MR) is 117 cm³/mol. The topological polar surface area (TPSA) is 100 Å². The van der Waals surface area contributed by atoms with Crippen LogP contribution in [0.4, 0.5) is 0 Å². The van der Waals surface area contributed by atoms with Gasteiger partial charge in [0.15, 0.2) is 4.80 Å². The summed E-state index contributed by atoms with van der Waals surface area (Å²) >= 11 is 1.21. The minimum atomic E-state index is -0.740. The van der Waals surface area contributed by atoms with E-state index in [1.54, 1.807) is 56.3 Å². The molecule has 4 rings (SSSR count). The highest BCUT2D eigenvalue weighted by molar-refractivity contribution is 7.07. The van der Waals surface area contributed by atoms with Crippen LogP contribution in [0, 0.1) is 0 Å². The third-order valence-electron chi connectivity index (χ3n) is 4.79. The number of thiazole rings is 1. The van der Waals surface area contributed by atoms with Crippen molar-refractivity contribution in [2.45, 2.75) is 26.8 Å². The second-order valence-corrected chi connectivity index (χ2v) is 7.99. The van der Waals surface area contributed by atoms with E-state index in [0.29, 0.717) is 32.1 Å². The first-order chi connectivity index (χ1) is 15.4. The van der Waals surface area contributed by atoms with Crippen molar-refractivity contribution in [1.29, 1.82) is 0 Å². The summed E-state index contributed by atoms with van der Waals surface area (Å²) in [6, 6.07) is 9.41. The van der Waals surface area contributed by atoms with Crippen molar-refractivity contribution in [3.05, 3.63) is 84.9 Å². The standard InChI is InChI=1S/C23H20N2O6S/c1-4-29-22(28)19-13(2)24-23-25(21(27)18(32-23)12-17-6-5-11-30-17)20(19)15-7-9-16(10-8-15)31-14(3)26/h5-12,20H,4H2,1-3H3/b18-12-. The molecule has 1 aromatic carbocycles. The van der Waals surface area contributed by atoms with E-state index in [9.17, 15) is 14.4 Å². The zero-order valence-corrected chi connectivity index (χ0v) is 18.5. The number of hydrogen-bond acceptors (Lipinski definition) is 8. The van der Waals surface area contributed by atoms with Gasteiger partial charge in [0.1, 0.15) is 11.5 Å². The molecule has 0 aliphatic carbocycles. The molecule has 3 aromatic rings. The summed E-state index contributed by atoms with van der Waals surface area (Å²) in [5.74, 6) is -0.0708. The highest BCUT2D eigenvalue weighted by atomic mass is 32.1. The number of fused-ring (bicyclic) bond motifs is 1. The van der Waals surface area contributed by atoms with Crippen molar-refractivity contribution < 1.29 is 23.5 Å². The molecule has 9 heteroatoms. The average molecular weight is 452 g/mol. The van der Waals surface area contributed by atoms with Gasteiger partial charge in [0, 0.05) is 13.0 Å². The molecule has 2 aromatic heterocycles. The Balaban J connectivity index is 1.90. The number of ether oxygens (including phenoxy) is 2. The van der Waals surface area contributed by atoms with Gasteiger partial charge in [0.2, 0.25) is 0 Å². The maximum atomic E-state index is 13.4. The van der Waals surface area contributed by atoms with Gasteiger partial charge < -0.3 is 13.9 Å². The number of rotatable bonds is 5. The van der Waals surface area contributed by atoms with Crippen LogP contribution in [0.5, 0.6) is 5.75 Å². The molecule has 0 saturated carbocycles. The lowest BCUT2D eigenvalue weighted by Crippen LogP contribution is -2.39. The van der Waals surface area contributed by atoms with Gasteiger partial charge in [-0.05, 0) is 43.7 Å². The lowest BCUT2D eigenvalue weighted by Gasteiger charge is -2.24. The molecule has 0 N–H and O–H groups in total. The number of hydrogen-bond donors (Lipinski definition) is 0. The zero-order valence-electron chi connectivity index (χ0n) is 17.7. The Morgan fingerprint density at radius 3 is 2.62 bits per heavy atom. The maximum absolute atomic E-state index is 13.4. The summed E-state index contributed by atoms with van der Waals surface area (Å²) in [5, 5.41) is 0. The third kappa shape index (κ3) is 4.06. The molecule has 1 aliphatic heterocycles. The van der Waals surface area contributed by atoms with E-state index in [1.807, 2.05) is 0 Å². The lowest BCUT2D eigenvalue weighted by atomic mass is 9.96. The van der Waals surface area contributed by atoms with Gasteiger partial charge in [0.25, 0.3) is 5.56 Å². The molecule has 164 valence electrons. The van der Waals surface area contributed by atoms with Crippen LogP contribution in [-0.2, 0) is 14.3 Å². The molecule has 8 nitrogen and oxygen atoms in total. The number of carbonyl (C=O) groups is 2. The second kappa shape index (κ2) is 8.80. The van der Waals surface area contributed by atoms with Gasteiger partial charge in [0.05, 0.1) is 34.7 Å². The van der Waals surface area contributed by atoms with E-state index in [1.165, 1.54) is 29.1 Å². The van der Waals surface area contributed by atoms with E-state index >= 15 is 0 Å². The fraction of sp³-hybridized carbons (Fsp3) is 0.217. The first-order valence-corrected chi connectivity index (χ1v) is 10.7. The minimum absolute atomic E-state index is 0.191. The van der Waals surface area contributed by atoms with Crippen molar-refractivity contribution in [2.75, 3.05) is 6.61 Å². The Kier molecular flexibility index (Phi) is 5.91. The SMILES string of the molecule is CCOC(=O)C1=C(C)N=c2s/c(=C\c3ccco3)c(=O)n2C1c1ccc(OC(C)=O)cc1. The summed E-state index contributed by atoms with van der Waals surface area (Å²) < 4.78 is 17.6. The van der Waals surface area contributed by atoms with Gasteiger partial charge in [-0.2, -0.15) is 0 Å². The lowest BCUT2D eigenvalue weighted by molar-refractivity contribution is -0.139. The first kappa shape index (κ1) is 21.5. The Labute approximate surface area is 186 Å². The normalized spacial score (nSPS) is 15.8. The first-order valence-electron chi connectivity index (χ1n) is 9.90. The predicted octanol–water partition coefficient (Wildman–Crippen LogP) is 2.32. The van der Waals surface area contributed by atoms with E-state index in [-0.39, 0.29) is 17.7 Å². The number of nitrogens with zero attached hydrogens (tertiary/aromatic N) is 2. The smallest absolute Gasteiger partial charge is 0.338 e. The summed E-state index contributed by atoms with van der Waals surface area (Å²) in [5.41, 5.74) is 1.12. The molecular weight excluding hydrogens is 432 g/mol. The quantitative estimate of drug-likeness (QED) is 0.435. The number of carbonyl (C=O) groups excluding carboxylic acids is 2. The van der Waals surface area contributed by atoms with E-state index < -0.39 is 18.0 Å². The molecule has 0 bridgehead atoms. The fourth-order valence-corrected chi connectivity index (χ4v) is 4.52.